The minimum Gasteiger partial charge on any atom is -0.359 e. The standard InChI is InChI=1S/C16H25N3O/c1-16(2,15(20)17-3)11-19-14-8-9-18-10-12-6-4-5-7-13(12)14/h4-7,14,18-19H,8-11H2,1-3H3,(H,17,20). The normalized spacial score (nSPS) is 19.1. The van der Waals surface area contributed by atoms with Gasteiger partial charge in [-0.2, -0.15) is 0 Å². The van der Waals surface area contributed by atoms with Crippen LogP contribution < -0.4 is 16.0 Å². The summed E-state index contributed by atoms with van der Waals surface area (Å²) in [7, 11) is 1.69. The van der Waals surface area contributed by atoms with Crippen molar-refractivity contribution in [2.75, 3.05) is 20.1 Å². The molecule has 1 atom stereocenters. The van der Waals surface area contributed by atoms with Crippen LogP contribution in [0.1, 0.15) is 37.4 Å². The van der Waals surface area contributed by atoms with Gasteiger partial charge >= 0.3 is 0 Å². The number of nitrogens with one attached hydrogen (secondary N) is 3. The zero-order chi connectivity index (χ0) is 14.6. The Morgan fingerprint density at radius 1 is 1.40 bits per heavy atom. The molecule has 0 spiro atoms. The number of amides is 1. The Morgan fingerprint density at radius 2 is 2.15 bits per heavy atom. The molecule has 1 aromatic carbocycles. The van der Waals surface area contributed by atoms with Crippen LogP contribution in [0.2, 0.25) is 0 Å². The van der Waals surface area contributed by atoms with Gasteiger partial charge in [-0.3, -0.25) is 4.79 Å². The lowest BCUT2D eigenvalue weighted by molar-refractivity contribution is -0.128. The van der Waals surface area contributed by atoms with Crippen molar-refractivity contribution in [1.82, 2.24) is 16.0 Å². The molecular formula is C16H25N3O. The zero-order valence-electron chi connectivity index (χ0n) is 12.6. The van der Waals surface area contributed by atoms with Crippen molar-refractivity contribution in [2.45, 2.75) is 32.9 Å². The molecule has 20 heavy (non-hydrogen) atoms. The summed E-state index contributed by atoms with van der Waals surface area (Å²) in [5.41, 5.74) is 2.30. The lowest BCUT2D eigenvalue weighted by Gasteiger charge is -2.27. The summed E-state index contributed by atoms with van der Waals surface area (Å²) in [6, 6.07) is 8.84. The maximum Gasteiger partial charge on any atom is 0.226 e. The van der Waals surface area contributed by atoms with E-state index in [0.717, 1.165) is 19.5 Å². The number of carbonyl (C=O) groups is 1. The first-order valence-electron chi connectivity index (χ1n) is 7.28. The van der Waals surface area contributed by atoms with E-state index in [0.29, 0.717) is 12.6 Å². The van der Waals surface area contributed by atoms with Gasteiger partial charge in [0.25, 0.3) is 0 Å². The van der Waals surface area contributed by atoms with Crippen LogP contribution in [0.5, 0.6) is 0 Å². The average Bonchev–Trinajstić information content (AvgIpc) is 2.66. The Morgan fingerprint density at radius 3 is 2.90 bits per heavy atom. The molecule has 4 nitrogen and oxygen atoms in total. The van der Waals surface area contributed by atoms with Crippen molar-refractivity contribution >= 4 is 5.91 Å². The largest absolute Gasteiger partial charge is 0.359 e. The van der Waals surface area contributed by atoms with Crippen molar-refractivity contribution in [1.29, 1.82) is 0 Å². The molecule has 1 heterocycles. The van der Waals surface area contributed by atoms with Crippen LogP contribution in [0.25, 0.3) is 0 Å². The minimum atomic E-state index is -0.399. The van der Waals surface area contributed by atoms with E-state index in [-0.39, 0.29) is 5.91 Å². The number of rotatable bonds is 4. The predicted octanol–water partition coefficient (Wildman–Crippen LogP) is 1.58. The van der Waals surface area contributed by atoms with E-state index in [9.17, 15) is 4.79 Å². The monoisotopic (exact) mass is 275 g/mol. The van der Waals surface area contributed by atoms with Gasteiger partial charge in [-0.25, -0.2) is 0 Å². The van der Waals surface area contributed by atoms with Crippen LogP contribution in [0.4, 0.5) is 0 Å². The van der Waals surface area contributed by atoms with Gasteiger partial charge in [0, 0.05) is 26.2 Å². The quantitative estimate of drug-likeness (QED) is 0.782. The van der Waals surface area contributed by atoms with Crippen LogP contribution in [0.3, 0.4) is 0 Å². The van der Waals surface area contributed by atoms with Crippen molar-refractivity contribution in [3.05, 3.63) is 35.4 Å². The lowest BCUT2D eigenvalue weighted by atomic mass is 9.91. The molecule has 1 amide bonds. The maximum atomic E-state index is 11.9. The van der Waals surface area contributed by atoms with E-state index in [4.69, 9.17) is 0 Å². The van der Waals surface area contributed by atoms with Crippen LogP contribution in [-0.4, -0.2) is 26.0 Å². The van der Waals surface area contributed by atoms with Crippen LogP contribution in [0.15, 0.2) is 24.3 Å². The molecule has 1 aliphatic heterocycles. The molecule has 110 valence electrons. The summed E-state index contributed by atoms with van der Waals surface area (Å²) in [6.45, 7) is 6.53. The highest BCUT2D eigenvalue weighted by molar-refractivity contribution is 5.81. The van der Waals surface area contributed by atoms with Gasteiger partial charge in [-0.15, -0.1) is 0 Å². The van der Waals surface area contributed by atoms with Crippen molar-refractivity contribution < 1.29 is 4.79 Å². The number of hydrogen-bond acceptors (Lipinski definition) is 3. The fraction of sp³-hybridized carbons (Fsp3) is 0.562. The zero-order valence-corrected chi connectivity index (χ0v) is 12.6. The van der Waals surface area contributed by atoms with Gasteiger partial charge in [0.05, 0.1) is 5.41 Å². The van der Waals surface area contributed by atoms with Crippen LogP contribution in [0, 0.1) is 5.41 Å². The topological polar surface area (TPSA) is 53.2 Å². The van der Waals surface area contributed by atoms with Crippen molar-refractivity contribution in [3.63, 3.8) is 0 Å². The minimum absolute atomic E-state index is 0.0741. The van der Waals surface area contributed by atoms with Gasteiger partial charge in [0.2, 0.25) is 5.91 Å². The van der Waals surface area contributed by atoms with Crippen molar-refractivity contribution in [2.24, 2.45) is 5.41 Å². The van der Waals surface area contributed by atoms with Crippen LogP contribution >= 0.6 is 0 Å². The first kappa shape index (κ1) is 15.0. The fourth-order valence-corrected chi connectivity index (χ4v) is 2.67. The Labute approximate surface area is 121 Å². The molecule has 0 radical (unpaired) electrons. The van der Waals surface area contributed by atoms with Gasteiger partial charge in [0.15, 0.2) is 0 Å². The Bertz CT molecular complexity index is 471. The summed E-state index contributed by atoms with van der Waals surface area (Å²) >= 11 is 0. The summed E-state index contributed by atoms with van der Waals surface area (Å²) in [4.78, 5) is 11.9. The second kappa shape index (κ2) is 6.37. The molecule has 0 fully saturated rings. The second-order valence-electron chi connectivity index (χ2n) is 6.06. The summed E-state index contributed by atoms with van der Waals surface area (Å²) in [6.07, 6.45) is 1.04. The van der Waals surface area contributed by atoms with Gasteiger partial charge < -0.3 is 16.0 Å². The third-order valence-electron chi connectivity index (χ3n) is 3.99. The summed E-state index contributed by atoms with van der Waals surface area (Å²) < 4.78 is 0. The van der Waals surface area contributed by atoms with Crippen molar-refractivity contribution in [3.8, 4) is 0 Å². The van der Waals surface area contributed by atoms with E-state index in [2.05, 4.69) is 40.2 Å². The first-order valence-corrected chi connectivity index (χ1v) is 7.28. The lowest BCUT2D eigenvalue weighted by Crippen LogP contribution is -2.43. The molecule has 0 saturated heterocycles. The molecule has 4 heteroatoms. The highest BCUT2D eigenvalue weighted by Gasteiger charge is 2.28. The smallest absolute Gasteiger partial charge is 0.226 e. The molecule has 1 aromatic rings. The third-order valence-corrected chi connectivity index (χ3v) is 3.99. The molecule has 0 aromatic heterocycles. The van der Waals surface area contributed by atoms with E-state index in [1.807, 2.05) is 13.8 Å². The van der Waals surface area contributed by atoms with Gasteiger partial charge in [-0.1, -0.05) is 24.3 Å². The Kier molecular flexibility index (Phi) is 4.78. The molecule has 0 saturated carbocycles. The van der Waals surface area contributed by atoms with E-state index < -0.39 is 5.41 Å². The average molecular weight is 275 g/mol. The van der Waals surface area contributed by atoms with E-state index >= 15 is 0 Å². The number of hydrogen-bond donors (Lipinski definition) is 3. The molecule has 3 N–H and O–H groups in total. The molecular weight excluding hydrogens is 250 g/mol. The predicted molar refractivity (Wildman–Crippen MR) is 81.4 cm³/mol. The second-order valence-corrected chi connectivity index (χ2v) is 6.06. The third kappa shape index (κ3) is 3.38. The highest BCUT2D eigenvalue weighted by Crippen LogP contribution is 2.25. The van der Waals surface area contributed by atoms with E-state index in [1.165, 1.54) is 11.1 Å². The number of fused-ring (bicyclic) bond motifs is 1. The molecule has 1 aliphatic rings. The highest BCUT2D eigenvalue weighted by atomic mass is 16.2. The number of carbonyl (C=O) groups excluding carboxylic acids is 1. The first-order chi connectivity index (χ1) is 9.54. The summed E-state index contributed by atoms with van der Waals surface area (Å²) in [5, 5.41) is 9.75. The molecule has 1 unspecified atom stereocenters. The molecule has 0 bridgehead atoms. The Balaban J connectivity index is 2.08. The molecule has 0 aliphatic carbocycles. The summed E-state index contributed by atoms with van der Waals surface area (Å²) in [5.74, 6) is 0.0741. The van der Waals surface area contributed by atoms with Gasteiger partial charge in [-0.05, 0) is 37.9 Å². The Hall–Kier alpha value is -1.39. The maximum absolute atomic E-state index is 11.9. The van der Waals surface area contributed by atoms with Gasteiger partial charge in [0.1, 0.15) is 0 Å². The fourth-order valence-electron chi connectivity index (χ4n) is 2.67. The van der Waals surface area contributed by atoms with Crippen LogP contribution in [-0.2, 0) is 11.3 Å². The molecule has 2 rings (SSSR count). The number of benzene rings is 1. The SMILES string of the molecule is CNC(=O)C(C)(C)CNC1CCNCc2ccccc21. The van der Waals surface area contributed by atoms with E-state index in [1.54, 1.807) is 7.05 Å².